The minimum Gasteiger partial charge on any atom is -0.481 e. The lowest BCUT2D eigenvalue weighted by Gasteiger charge is -2.39. The summed E-state index contributed by atoms with van der Waals surface area (Å²) in [6, 6.07) is -0.496. The molecule has 1 unspecified atom stereocenters. The third-order valence-electron chi connectivity index (χ3n) is 3.08. The number of hydrogen-bond donors (Lipinski definition) is 2. The first-order valence-electron chi connectivity index (χ1n) is 5.24. The van der Waals surface area contributed by atoms with Crippen molar-refractivity contribution < 1.29 is 14.7 Å². The van der Waals surface area contributed by atoms with Crippen molar-refractivity contribution in [3.05, 3.63) is 0 Å². The molecule has 1 amide bonds. The molecular formula is C10H18N2O3. The molecule has 1 heterocycles. The van der Waals surface area contributed by atoms with Crippen molar-refractivity contribution in [1.29, 1.82) is 0 Å². The number of nitrogens with zero attached hydrogens (tertiary/aromatic N) is 1. The molecule has 0 aromatic carbocycles. The summed E-state index contributed by atoms with van der Waals surface area (Å²) in [5.41, 5.74) is 5.76. The molecule has 0 radical (unpaired) electrons. The second kappa shape index (κ2) is 4.61. The highest BCUT2D eigenvalue weighted by molar-refractivity contribution is 5.85. The van der Waals surface area contributed by atoms with E-state index < -0.39 is 17.9 Å². The molecule has 1 fully saturated rings. The molecular weight excluding hydrogens is 196 g/mol. The van der Waals surface area contributed by atoms with Crippen LogP contribution in [-0.2, 0) is 9.59 Å². The van der Waals surface area contributed by atoms with Gasteiger partial charge in [0.2, 0.25) is 5.91 Å². The van der Waals surface area contributed by atoms with Crippen LogP contribution in [0.2, 0.25) is 0 Å². The maximum Gasteiger partial charge on any atom is 0.310 e. The Morgan fingerprint density at radius 2 is 2.07 bits per heavy atom. The fourth-order valence-electron chi connectivity index (χ4n) is 1.52. The molecule has 0 spiro atoms. The van der Waals surface area contributed by atoms with E-state index in [9.17, 15) is 9.59 Å². The minimum absolute atomic E-state index is 0.123. The van der Waals surface area contributed by atoms with Crippen LogP contribution in [0.3, 0.4) is 0 Å². The lowest BCUT2D eigenvalue weighted by Crippen LogP contribution is -2.58. The van der Waals surface area contributed by atoms with Crippen molar-refractivity contribution in [3.63, 3.8) is 0 Å². The summed E-state index contributed by atoms with van der Waals surface area (Å²) in [4.78, 5) is 23.8. The van der Waals surface area contributed by atoms with Crippen LogP contribution in [0.25, 0.3) is 0 Å². The Kier molecular flexibility index (Phi) is 3.68. The average Bonchev–Trinajstić information content (AvgIpc) is 2.12. The van der Waals surface area contributed by atoms with Crippen LogP contribution >= 0.6 is 0 Å². The van der Waals surface area contributed by atoms with Gasteiger partial charge in [-0.25, -0.2) is 0 Å². The number of amides is 1. The third-order valence-corrected chi connectivity index (χ3v) is 3.08. The second-order valence-corrected chi connectivity index (χ2v) is 4.19. The zero-order chi connectivity index (χ0) is 11.6. The maximum atomic E-state index is 11.7. The van der Waals surface area contributed by atoms with Gasteiger partial charge < -0.3 is 15.7 Å². The van der Waals surface area contributed by atoms with Crippen molar-refractivity contribution in [2.75, 3.05) is 13.1 Å². The first-order valence-corrected chi connectivity index (χ1v) is 5.24. The fraction of sp³-hybridized carbons (Fsp3) is 0.800. The van der Waals surface area contributed by atoms with Gasteiger partial charge in [0.1, 0.15) is 0 Å². The Bertz CT molecular complexity index is 261. The fourth-order valence-corrected chi connectivity index (χ4v) is 1.52. The van der Waals surface area contributed by atoms with E-state index in [-0.39, 0.29) is 11.8 Å². The molecule has 0 aromatic heterocycles. The van der Waals surface area contributed by atoms with Gasteiger partial charge in [-0.1, -0.05) is 20.3 Å². The van der Waals surface area contributed by atoms with Gasteiger partial charge in [-0.05, 0) is 5.92 Å². The van der Waals surface area contributed by atoms with Crippen molar-refractivity contribution in [2.24, 2.45) is 17.6 Å². The molecule has 0 bridgehead atoms. The predicted molar refractivity (Wildman–Crippen MR) is 55.1 cm³/mol. The summed E-state index contributed by atoms with van der Waals surface area (Å²) in [5, 5.41) is 8.66. The quantitative estimate of drug-likeness (QED) is 0.684. The van der Waals surface area contributed by atoms with Gasteiger partial charge in [-0.2, -0.15) is 0 Å². The van der Waals surface area contributed by atoms with Gasteiger partial charge in [0, 0.05) is 13.1 Å². The van der Waals surface area contributed by atoms with Gasteiger partial charge in [0.15, 0.2) is 0 Å². The van der Waals surface area contributed by atoms with Crippen molar-refractivity contribution >= 4 is 11.9 Å². The molecule has 1 saturated heterocycles. The summed E-state index contributed by atoms with van der Waals surface area (Å²) in [6.07, 6.45) is 0.850. The highest BCUT2D eigenvalue weighted by Crippen LogP contribution is 2.18. The first-order chi connectivity index (χ1) is 6.97. The maximum absolute atomic E-state index is 11.7. The molecule has 5 nitrogen and oxygen atoms in total. The standard InChI is InChI=1S/C10H18N2O3/c1-3-6(2)8(11)9(13)12-4-7(5-12)10(14)15/h6-8H,3-5,11H2,1-2H3,(H,14,15)/t6?,8-/m0/s1. The zero-order valence-electron chi connectivity index (χ0n) is 9.14. The average molecular weight is 214 g/mol. The van der Waals surface area contributed by atoms with E-state index in [4.69, 9.17) is 10.8 Å². The smallest absolute Gasteiger partial charge is 0.310 e. The topological polar surface area (TPSA) is 83.6 Å². The van der Waals surface area contributed by atoms with Gasteiger partial charge in [-0.15, -0.1) is 0 Å². The van der Waals surface area contributed by atoms with Crippen molar-refractivity contribution in [3.8, 4) is 0 Å². The van der Waals surface area contributed by atoms with Gasteiger partial charge in [0.05, 0.1) is 12.0 Å². The minimum atomic E-state index is -0.837. The number of nitrogens with two attached hydrogens (primary N) is 1. The second-order valence-electron chi connectivity index (χ2n) is 4.19. The number of aliphatic carboxylic acids is 1. The number of rotatable bonds is 4. The van der Waals surface area contributed by atoms with Crippen LogP contribution < -0.4 is 5.73 Å². The van der Waals surface area contributed by atoms with Gasteiger partial charge in [-0.3, -0.25) is 9.59 Å². The predicted octanol–water partition coefficient (Wildman–Crippen LogP) is -0.0972. The van der Waals surface area contributed by atoms with E-state index in [1.165, 1.54) is 4.90 Å². The lowest BCUT2D eigenvalue weighted by molar-refractivity contribution is -0.153. The summed E-state index contributed by atoms with van der Waals surface area (Å²) in [6.45, 7) is 4.52. The SMILES string of the molecule is CCC(C)[C@H](N)C(=O)N1CC(C(=O)O)C1. The summed E-state index contributed by atoms with van der Waals surface area (Å²) < 4.78 is 0. The Balaban J connectivity index is 2.41. The summed E-state index contributed by atoms with van der Waals surface area (Å²) in [5.74, 6) is -1.22. The van der Waals surface area contributed by atoms with Crippen LogP contribution in [0, 0.1) is 11.8 Å². The highest BCUT2D eigenvalue weighted by atomic mass is 16.4. The number of carboxylic acids is 1. The Morgan fingerprint density at radius 1 is 1.53 bits per heavy atom. The van der Waals surface area contributed by atoms with Crippen LogP contribution in [-0.4, -0.2) is 41.0 Å². The molecule has 86 valence electrons. The summed E-state index contributed by atoms with van der Waals surface area (Å²) >= 11 is 0. The van der Waals surface area contributed by atoms with E-state index in [0.717, 1.165) is 6.42 Å². The van der Waals surface area contributed by atoms with E-state index in [1.54, 1.807) is 0 Å². The van der Waals surface area contributed by atoms with Crippen molar-refractivity contribution in [2.45, 2.75) is 26.3 Å². The molecule has 1 aliphatic rings. The van der Waals surface area contributed by atoms with Crippen LogP contribution in [0.1, 0.15) is 20.3 Å². The molecule has 2 atom stereocenters. The van der Waals surface area contributed by atoms with E-state index >= 15 is 0 Å². The molecule has 3 N–H and O–H groups in total. The molecule has 15 heavy (non-hydrogen) atoms. The van der Waals surface area contributed by atoms with Gasteiger partial charge in [0.25, 0.3) is 0 Å². The molecule has 1 rings (SSSR count). The normalized spacial score (nSPS) is 20.6. The van der Waals surface area contributed by atoms with E-state index in [0.29, 0.717) is 13.1 Å². The molecule has 0 saturated carbocycles. The monoisotopic (exact) mass is 214 g/mol. The number of carbonyl (C=O) groups excluding carboxylic acids is 1. The number of hydrogen-bond acceptors (Lipinski definition) is 3. The molecule has 5 heteroatoms. The third kappa shape index (κ3) is 2.47. The van der Waals surface area contributed by atoms with E-state index in [1.807, 2.05) is 13.8 Å². The number of carboxylic acid groups (broad SMARTS) is 1. The Morgan fingerprint density at radius 3 is 2.47 bits per heavy atom. The van der Waals surface area contributed by atoms with Crippen LogP contribution in [0.5, 0.6) is 0 Å². The Labute approximate surface area is 89.2 Å². The number of carbonyl (C=O) groups is 2. The van der Waals surface area contributed by atoms with E-state index in [2.05, 4.69) is 0 Å². The Hall–Kier alpha value is -1.10. The summed E-state index contributed by atoms with van der Waals surface area (Å²) in [7, 11) is 0. The van der Waals surface area contributed by atoms with Crippen molar-refractivity contribution in [1.82, 2.24) is 4.90 Å². The number of likely N-dealkylation sites (tertiary alicyclic amines) is 1. The molecule has 0 aromatic rings. The lowest BCUT2D eigenvalue weighted by atomic mass is 9.94. The molecule has 1 aliphatic heterocycles. The first kappa shape index (κ1) is 12.0. The van der Waals surface area contributed by atoms with Crippen LogP contribution in [0.15, 0.2) is 0 Å². The zero-order valence-corrected chi connectivity index (χ0v) is 9.14. The molecule has 0 aliphatic carbocycles. The highest BCUT2D eigenvalue weighted by Gasteiger charge is 2.38. The largest absolute Gasteiger partial charge is 0.481 e. The van der Waals surface area contributed by atoms with Crippen LogP contribution in [0.4, 0.5) is 0 Å². The van der Waals surface area contributed by atoms with Gasteiger partial charge >= 0.3 is 5.97 Å².